The highest BCUT2D eigenvalue weighted by Gasteiger charge is 2.63. The maximum Gasteiger partial charge on any atom is 0.184 e. The van der Waals surface area contributed by atoms with Gasteiger partial charge < -0.3 is 18.6 Å². The lowest BCUT2D eigenvalue weighted by Gasteiger charge is -2.60. The van der Waals surface area contributed by atoms with Crippen molar-refractivity contribution in [2.75, 3.05) is 11.5 Å². The van der Waals surface area contributed by atoms with Crippen molar-refractivity contribution in [3.63, 3.8) is 0 Å². The highest BCUT2D eigenvalue weighted by Crippen LogP contribution is 2.56. The molecule has 3 heterocycles. The molecular formula is C18H31IO4Si. The van der Waals surface area contributed by atoms with Crippen LogP contribution in [0.1, 0.15) is 26.2 Å². The molecule has 0 saturated carbocycles. The van der Waals surface area contributed by atoms with E-state index in [1.54, 1.807) is 7.11 Å². The number of hydrogen-bond donors (Lipinski definition) is 0. The summed E-state index contributed by atoms with van der Waals surface area (Å²) < 4.78 is 26.0. The lowest BCUT2D eigenvalue weighted by molar-refractivity contribution is -0.265. The molecule has 0 aliphatic carbocycles. The van der Waals surface area contributed by atoms with E-state index in [1.165, 1.54) is 0 Å². The molecule has 0 radical (unpaired) electrons. The maximum atomic E-state index is 6.73. The lowest BCUT2D eigenvalue weighted by Crippen LogP contribution is -2.68. The molecule has 138 valence electrons. The molecule has 3 aliphatic rings. The number of alkyl halides is 1. The summed E-state index contributed by atoms with van der Waals surface area (Å²) >= 11 is 2.46. The molecule has 4 nitrogen and oxygen atoms in total. The van der Waals surface area contributed by atoms with Crippen LogP contribution < -0.4 is 0 Å². The molecule has 3 saturated heterocycles. The SMILES string of the molecule is C=CC1(C)CC2O[C@@](CI)(C[C@H]3OC(OC)CC23)C1O[Si](C)(C)C. The van der Waals surface area contributed by atoms with Crippen LogP contribution in [0.25, 0.3) is 0 Å². The summed E-state index contributed by atoms with van der Waals surface area (Å²) in [6.07, 6.45) is 5.22. The predicted molar refractivity (Wildman–Crippen MR) is 106 cm³/mol. The van der Waals surface area contributed by atoms with Crippen molar-refractivity contribution in [1.82, 2.24) is 0 Å². The van der Waals surface area contributed by atoms with Gasteiger partial charge in [0.05, 0.1) is 18.3 Å². The van der Waals surface area contributed by atoms with Crippen molar-refractivity contribution in [1.29, 1.82) is 0 Å². The molecule has 0 aromatic carbocycles. The predicted octanol–water partition coefficient (Wildman–Crippen LogP) is 4.14. The number of ether oxygens (including phenoxy) is 3. The minimum Gasteiger partial charge on any atom is -0.411 e. The van der Waals surface area contributed by atoms with Crippen LogP contribution in [0.5, 0.6) is 0 Å². The van der Waals surface area contributed by atoms with Crippen LogP contribution in [0, 0.1) is 11.3 Å². The van der Waals surface area contributed by atoms with E-state index in [0.717, 1.165) is 23.7 Å². The smallest absolute Gasteiger partial charge is 0.184 e. The molecule has 3 aliphatic heterocycles. The average Bonchev–Trinajstić information content (AvgIpc) is 2.93. The van der Waals surface area contributed by atoms with Crippen LogP contribution in [-0.4, -0.2) is 50.1 Å². The summed E-state index contributed by atoms with van der Waals surface area (Å²) in [5.74, 6) is 0.415. The van der Waals surface area contributed by atoms with E-state index in [4.69, 9.17) is 18.6 Å². The molecule has 0 amide bonds. The van der Waals surface area contributed by atoms with E-state index in [2.05, 4.69) is 61.8 Å². The lowest BCUT2D eigenvalue weighted by atomic mass is 9.63. The number of halogens is 1. The van der Waals surface area contributed by atoms with Gasteiger partial charge in [-0.05, 0) is 26.1 Å². The Kier molecular flexibility index (Phi) is 5.31. The van der Waals surface area contributed by atoms with Gasteiger partial charge in [-0.1, -0.05) is 35.6 Å². The first-order valence-electron chi connectivity index (χ1n) is 8.90. The highest BCUT2D eigenvalue weighted by molar-refractivity contribution is 14.1. The van der Waals surface area contributed by atoms with Crippen LogP contribution in [0.3, 0.4) is 0 Å². The van der Waals surface area contributed by atoms with E-state index >= 15 is 0 Å². The van der Waals surface area contributed by atoms with Gasteiger partial charge in [-0.2, -0.15) is 0 Å². The Morgan fingerprint density at radius 1 is 1.29 bits per heavy atom. The van der Waals surface area contributed by atoms with Crippen LogP contribution >= 0.6 is 22.6 Å². The molecule has 0 aromatic rings. The standard InChI is InChI=1S/C18H31IO4Si/c1-7-17(2)9-14-12-8-15(20-3)21-13(12)10-18(11-19,22-14)16(17)23-24(4,5)6/h7,12-16H,1,8-11H2,2-6H3/t12?,13-,14?,15?,16?,17?,18-/m1/s1. The average molecular weight is 466 g/mol. The zero-order chi connectivity index (χ0) is 17.8. The van der Waals surface area contributed by atoms with Gasteiger partial charge >= 0.3 is 0 Å². The third kappa shape index (κ3) is 3.27. The first-order chi connectivity index (χ1) is 11.2. The Morgan fingerprint density at radius 3 is 2.54 bits per heavy atom. The fraction of sp³-hybridized carbons (Fsp3) is 0.889. The Bertz CT molecular complexity index is 496. The minimum atomic E-state index is -1.72. The topological polar surface area (TPSA) is 36.9 Å². The minimum absolute atomic E-state index is 0.0356. The third-order valence-corrected chi connectivity index (χ3v) is 8.06. The molecule has 7 atom stereocenters. The van der Waals surface area contributed by atoms with Gasteiger partial charge in [-0.25, -0.2) is 0 Å². The summed E-state index contributed by atoms with van der Waals surface area (Å²) in [5, 5.41) is 0. The van der Waals surface area contributed by atoms with Gasteiger partial charge in [0.2, 0.25) is 0 Å². The third-order valence-electron chi connectivity index (χ3n) is 5.82. The van der Waals surface area contributed by atoms with Crippen molar-refractivity contribution in [2.24, 2.45) is 11.3 Å². The molecule has 0 aromatic heterocycles. The molecule has 0 N–H and O–H groups in total. The first-order valence-corrected chi connectivity index (χ1v) is 13.8. The summed E-state index contributed by atoms with van der Waals surface area (Å²) in [6, 6.07) is 0. The van der Waals surface area contributed by atoms with Crippen LogP contribution in [0.2, 0.25) is 19.6 Å². The monoisotopic (exact) mass is 466 g/mol. The number of methoxy groups -OCH3 is 1. The molecule has 6 heteroatoms. The summed E-state index contributed by atoms with van der Waals surface area (Å²) in [4.78, 5) is 0. The Balaban J connectivity index is 1.97. The Morgan fingerprint density at radius 2 is 2.00 bits per heavy atom. The zero-order valence-electron chi connectivity index (χ0n) is 15.5. The fourth-order valence-corrected chi connectivity index (χ4v) is 6.77. The fourth-order valence-electron chi connectivity index (χ4n) is 4.69. The molecular weight excluding hydrogens is 435 g/mol. The summed E-state index contributed by atoms with van der Waals surface area (Å²) in [5.41, 5.74) is -0.360. The van der Waals surface area contributed by atoms with Crippen LogP contribution in [0.4, 0.5) is 0 Å². The highest BCUT2D eigenvalue weighted by atomic mass is 127. The molecule has 2 bridgehead atoms. The van der Waals surface area contributed by atoms with Gasteiger partial charge in [-0.15, -0.1) is 6.58 Å². The van der Waals surface area contributed by atoms with Crippen molar-refractivity contribution in [2.45, 2.75) is 76.0 Å². The van der Waals surface area contributed by atoms with Gasteiger partial charge in [0.25, 0.3) is 0 Å². The summed E-state index contributed by atoms with van der Waals surface area (Å²) in [7, 11) is 0.0106. The van der Waals surface area contributed by atoms with Crippen LogP contribution in [0.15, 0.2) is 12.7 Å². The summed E-state index contributed by atoms with van der Waals surface area (Å²) in [6.45, 7) is 13.2. The number of hydrogen-bond acceptors (Lipinski definition) is 4. The normalized spacial score (nSPS) is 48.2. The van der Waals surface area contributed by atoms with Gasteiger partial charge in [0.15, 0.2) is 14.6 Å². The molecule has 24 heavy (non-hydrogen) atoms. The number of rotatable bonds is 5. The molecule has 5 unspecified atom stereocenters. The Hall–Kier alpha value is 0.527. The van der Waals surface area contributed by atoms with Gasteiger partial charge in [0.1, 0.15) is 5.60 Å². The Labute approximate surface area is 160 Å². The van der Waals surface area contributed by atoms with Gasteiger partial charge in [0, 0.05) is 35.7 Å². The van der Waals surface area contributed by atoms with Crippen molar-refractivity contribution >= 4 is 30.9 Å². The van der Waals surface area contributed by atoms with E-state index in [9.17, 15) is 0 Å². The number of fused-ring (bicyclic) bond motifs is 4. The quantitative estimate of drug-likeness (QED) is 0.264. The van der Waals surface area contributed by atoms with Crippen molar-refractivity contribution < 1.29 is 18.6 Å². The van der Waals surface area contributed by atoms with Crippen molar-refractivity contribution in [3.8, 4) is 0 Å². The first kappa shape index (κ1) is 19.3. The van der Waals surface area contributed by atoms with E-state index < -0.39 is 8.32 Å². The van der Waals surface area contributed by atoms with E-state index in [-0.39, 0.29) is 35.6 Å². The van der Waals surface area contributed by atoms with Gasteiger partial charge in [-0.3, -0.25) is 0 Å². The zero-order valence-corrected chi connectivity index (χ0v) is 18.7. The van der Waals surface area contributed by atoms with Crippen molar-refractivity contribution in [3.05, 3.63) is 12.7 Å². The molecule has 0 spiro atoms. The van der Waals surface area contributed by atoms with Crippen LogP contribution in [-0.2, 0) is 18.6 Å². The van der Waals surface area contributed by atoms with E-state index in [1.807, 2.05) is 0 Å². The second-order valence-corrected chi connectivity index (χ2v) is 14.0. The second kappa shape index (κ2) is 6.60. The maximum absolute atomic E-state index is 6.73. The molecule has 3 fully saturated rings. The second-order valence-electron chi connectivity index (χ2n) is 8.82. The largest absolute Gasteiger partial charge is 0.411 e. The van der Waals surface area contributed by atoms with E-state index in [0.29, 0.717) is 5.92 Å². The molecule has 3 rings (SSSR count).